The number of hydrogen-bond donors (Lipinski definition) is 0. The van der Waals surface area contributed by atoms with Crippen molar-refractivity contribution in [3.05, 3.63) is 89.6 Å². The molecule has 0 amide bonds. The lowest BCUT2D eigenvalue weighted by atomic mass is 9.87. The number of ketones is 1. The molecule has 1 aliphatic carbocycles. The van der Waals surface area contributed by atoms with Crippen LogP contribution in [0.1, 0.15) is 36.6 Å². The zero-order chi connectivity index (χ0) is 18.5. The molecule has 3 rings (SSSR count). The maximum Gasteiger partial charge on any atom is 0.401 e. The highest BCUT2D eigenvalue weighted by Crippen LogP contribution is 2.27. The first-order valence-corrected chi connectivity index (χ1v) is 9.34. The Hall–Kier alpha value is -2.59. The zero-order valence-corrected chi connectivity index (χ0v) is 15.6. The highest BCUT2D eigenvalue weighted by Gasteiger charge is 2.36. The Morgan fingerprint density at radius 1 is 1.15 bits per heavy atom. The standard InChI is InChI=1S/C22H20O3S/c1-3-17-14-16(13-15(2)21(17)23)9-10-18-11-12-20(25-18)22(24)26-19-7-5-4-6-8-19/h3-8,11-14H,9-10H2,1-2H3/q+2. The van der Waals surface area contributed by atoms with Crippen molar-refractivity contribution in [3.8, 4) is 0 Å². The Balaban J connectivity index is 1.60. The maximum atomic E-state index is 12.3. The Kier molecular flexibility index (Phi) is 5.74. The minimum absolute atomic E-state index is 0.0834. The number of benzene rings is 1. The molecule has 0 bridgehead atoms. The number of thioether (sulfide) groups is 1. The number of carbonyl (C=O) groups excluding carboxylic acids is 2. The molecule has 0 saturated heterocycles. The van der Waals surface area contributed by atoms with Crippen molar-refractivity contribution >= 4 is 22.7 Å². The molecule has 1 aromatic carbocycles. The number of aryl methyl sites for hydroxylation is 1. The molecule has 2 aromatic rings. The molecule has 0 aliphatic heterocycles. The zero-order valence-electron chi connectivity index (χ0n) is 14.8. The number of hydrogen-bond acceptors (Lipinski definition) is 4. The first-order chi connectivity index (χ1) is 12.6. The fourth-order valence-corrected chi connectivity index (χ4v) is 3.49. The average Bonchev–Trinajstić information content (AvgIpc) is 3.12. The van der Waals surface area contributed by atoms with Crippen LogP contribution in [-0.4, -0.2) is 10.9 Å². The van der Waals surface area contributed by atoms with Gasteiger partial charge >= 0.3 is 5.78 Å². The summed E-state index contributed by atoms with van der Waals surface area (Å²) in [4.78, 5) is 25.2. The minimum Gasteiger partial charge on any atom is -0.457 e. The van der Waals surface area contributed by atoms with E-state index in [1.54, 1.807) is 6.07 Å². The summed E-state index contributed by atoms with van der Waals surface area (Å²) >= 11 is 1.16. The summed E-state index contributed by atoms with van der Waals surface area (Å²) in [7, 11) is 0. The summed E-state index contributed by atoms with van der Waals surface area (Å²) in [6.45, 7) is 3.71. The second-order valence-corrected chi connectivity index (χ2v) is 7.13. The van der Waals surface area contributed by atoms with E-state index in [0.717, 1.165) is 45.9 Å². The summed E-state index contributed by atoms with van der Waals surface area (Å²) in [6.07, 6.45) is 7.13. The number of furan rings is 1. The van der Waals surface area contributed by atoms with Crippen LogP contribution < -0.4 is 0 Å². The van der Waals surface area contributed by atoms with Crippen LogP contribution in [-0.2, 0) is 11.2 Å². The SMILES string of the molecule is C[CH+]C1=C[C+](CCc2ccc(C(=O)Sc3ccccc3)o2)C=C(C)C1=O. The van der Waals surface area contributed by atoms with Crippen LogP contribution in [0.25, 0.3) is 0 Å². The van der Waals surface area contributed by atoms with E-state index in [2.05, 4.69) is 0 Å². The van der Waals surface area contributed by atoms with Gasteiger partial charge in [0.25, 0.3) is 10.7 Å². The van der Waals surface area contributed by atoms with Crippen molar-refractivity contribution in [1.29, 1.82) is 0 Å². The second-order valence-electron chi connectivity index (χ2n) is 6.09. The predicted octanol–water partition coefficient (Wildman–Crippen LogP) is 5.40. The fraction of sp³-hybridized carbons (Fsp3) is 0.182. The number of allylic oxidation sites excluding steroid dienone is 4. The van der Waals surface area contributed by atoms with E-state index >= 15 is 0 Å². The number of Topliss-reactive ketones (excluding diaryl/α,β-unsaturated/α-hetero) is 1. The Labute approximate surface area is 158 Å². The minimum atomic E-state index is -0.100. The Morgan fingerprint density at radius 2 is 1.92 bits per heavy atom. The van der Waals surface area contributed by atoms with E-state index < -0.39 is 0 Å². The summed E-state index contributed by atoms with van der Waals surface area (Å²) in [5.41, 5.74) is 1.49. The summed E-state index contributed by atoms with van der Waals surface area (Å²) < 4.78 is 5.71. The lowest BCUT2D eigenvalue weighted by molar-refractivity contribution is -0.112. The third-order valence-corrected chi connectivity index (χ3v) is 5.05. The van der Waals surface area contributed by atoms with Crippen LogP contribution in [0.2, 0.25) is 0 Å². The van der Waals surface area contributed by atoms with Gasteiger partial charge < -0.3 is 4.42 Å². The second kappa shape index (κ2) is 8.19. The number of carbonyl (C=O) groups is 2. The molecule has 0 unspecified atom stereocenters. The normalized spacial score (nSPS) is 14.1. The third kappa shape index (κ3) is 4.33. The van der Waals surface area contributed by atoms with E-state index in [-0.39, 0.29) is 10.9 Å². The molecule has 0 spiro atoms. The molecular weight excluding hydrogens is 344 g/mol. The van der Waals surface area contributed by atoms with E-state index in [1.807, 2.05) is 68.8 Å². The van der Waals surface area contributed by atoms with Crippen LogP contribution in [0.5, 0.6) is 0 Å². The van der Waals surface area contributed by atoms with Gasteiger partial charge in [0, 0.05) is 31.6 Å². The van der Waals surface area contributed by atoms with Crippen molar-refractivity contribution in [2.24, 2.45) is 0 Å². The molecule has 1 aliphatic rings. The molecule has 130 valence electrons. The molecule has 1 heterocycles. The highest BCUT2D eigenvalue weighted by atomic mass is 32.2. The summed E-state index contributed by atoms with van der Waals surface area (Å²) in [6, 6.07) is 13.1. The van der Waals surface area contributed by atoms with Gasteiger partial charge in [-0.1, -0.05) is 18.2 Å². The fourth-order valence-electron chi connectivity index (χ4n) is 2.77. The molecule has 1 aromatic heterocycles. The molecule has 4 heteroatoms. The average molecular weight is 364 g/mol. The lowest BCUT2D eigenvalue weighted by Crippen LogP contribution is -2.12. The van der Waals surface area contributed by atoms with Gasteiger partial charge in [0.15, 0.2) is 17.4 Å². The van der Waals surface area contributed by atoms with Crippen LogP contribution in [0.4, 0.5) is 0 Å². The van der Waals surface area contributed by atoms with Crippen LogP contribution in [0.3, 0.4) is 0 Å². The van der Waals surface area contributed by atoms with Gasteiger partial charge in [-0.2, -0.15) is 4.79 Å². The molecule has 0 N–H and O–H groups in total. The van der Waals surface area contributed by atoms with Gasteiger partial charge in [-0.3, -0.25) is 4.79 Å². The predicted molar refractivity (Wildman–Crippen MR) is 104 cm³/mol. The van der Waals surface area contributed by atoms with E-state index in [4.69, 9.17) is 4.42 Å². The van der Waals surface area contributed by atoms with Crippen LogP contribution in [0.15, 0.2) is 75.1 Å². The first kappa shape index (κ1) is 18.2. The van der Waals surface area contributed by atoms with Crippen molar-refractivity contribution < 1.29 is 14.0 Å². The van der Waals surface area contributed by atoms with Gasteiger partial charge in [0.1, 0.15) is 11.7 Å². The topological polar surface area (TPSA) is 47.3 Å². The molecule has 0 radical (unpaired) electrons. The van der Waals surface area contributed by atoms with Gasteiger partial charge in [0.05, 0.1) is 12.5 Å². The Bertz CT molecular complexity index is 859. The summed E-state index contributed by atoms with van der Waals surface area (Å²) in [5, 5.41) is -0.100. The van der Waals surface area contributed by atoms with E-state index in [0.29, 0.717) is 12.2 Å². The van der Waals surface area contributed by atoms with Crippen LogP contribution in [0, 0.1) is 12.3 Å². The smallest absolute Gasteiger partial charge is 0.401 e. The molecule has 0 saturated carbocycles. The lowest BCUT2D eigenvalue weighted by Gasteiger charge is -2.03. The largest absolute Gasteiger partial charge is 0.457 e. The van der Waals surface area contributed by atoms with Gasteiger partial charge in [-0.05, 0) is 36.0 Å². The number of rotatable bonds is 6. The third-order valence-electron chi connectivity index (χ3n) is 4.15. The van der Waals surface area contributed by atoms with E-state index in [1.165, 1.54) is 0 Å². The van der Waals surface area contributed by atoms with Gasteiger partial charge in [-0.15, -0.1) is 0 Å². The Morgan fingerprint density at radius 3 is 2.65 bits per heavy atom. The quantitative estimate of drug-likeness (QED) is 0.509. The highest BCUT2D eigenvalue weighted by molar-refractivity contribution is 8.14. The van der Waals surface area contributed by atoms with E-state index in [9.17, 15) is 9.59 Å². The summed E-state index contributed by atoms with van der Waals surface area (Å²) in [5.74, 6) is 2.31. The molecule has 0 atom stereocenters. The van der Waals surface area contributed by atoms with Gasteiger partial charge in [-0.25, -0.2) is 0 Å². The first-order valence-electron chi connectivity index (χ1n) is 8.52. The van der Waals surface area contributed by atoms with Crippen molar-refractivity contribution in [3.63, 3.8) is 0 Å². The molecule has 3 nitrogen and oxygen atoms in total. The molecular formula is C22H20O3S+2. The maximum absolute atomic E-state index is 12.3. The van der Waals surface area contributed by atoms with Crippen LogP contribution >= 0.6 is 11.8 Å². The monoisotopic (exact) mass is 364 g/mol. The van der Waals surface area contributed by atoms with Crippen molar-refractivity contribution in [2.75, 3.05) is 0 Å². The van der Waals surface area contributed by atoms with Crippen molar-refractivity contribution in [2.45, 2.75) is 31.6 Å². The van der Waals surface area contributed by atoms with Gasteiger partial charge in [0.2, 0.25) is 0 Å². The molecule has 0 fully saturated rings. The molecule has 26 heavy (non-hydrogen) atoms. The van der Waals surface area contributed by atoms with Crippen molar-refractivity contribution in [1.82, 2.24) is 0 Å².